The third-order valence-electron chi connectivity index (χ3n) is 2.20. The predicted molar refractivity (Wildman–Crippen MR) is 69.6 cm³/mol. The second kappa shape index (κ2) is 5.53. The SMILES string of the molecule is C[C@@H](Sc1nnc(NC2CC2)s1)C(=O)NC(N)=O. The summed E-state index contributed by atoms with van der Waals surface area (Å²) in [7, 11) is 0. The highest BCUT2D eigenvalue weighted by atomic mass is 32.2. The van der Waals surface area contributed by atoms with Crippen LogP contribution in [0.5, 0.6) is 0 Å². The normalized spacial score (nSPS) is 16.1. The van der Waals surface area contributed by atoms with Crippen molar-refractivity contribution in [2.24, 2.45) is 5.73 Å². The van der Waals surface area contributed by atoms with Crippen molar-refractivity contribution in [3.8, 4) is 0 Å². The van der Waals surface area contributed by atoms with Gasteiger partial charge in [-0.1, -0.05) is 23.1 Å². The van der Waals surface area contributed by atoms with E-state index in [0.29, 0.717) is 10.4 Å². The topological polar surface area (TPSA) is 110 Å². The molecule has 1 saturated carbocycles. The van der Waals surface area contributed by atoms with Gasteiger partial charge in [0.05, 0.1) is 5.25 Å². The van der Waals surface area contributed by atoms with Crippen LogP contribution in [-0.2, 0) is 4.79 Å². The molecule has 0 spiro atoms. The molecule has 0 aromatic carbocycles. The number of amides is 3. The number of aromatic nitrogens is 2. The molecule has 0 bridgehead atoms. The Balaban J connectivity index is 1.85. The molecule has 0 radical (unpaired) electrons. The summed E-state index contributed by atoms with van der Waals surface area (Å²) in [6.45, 7) is 1.68. The second-order valence-corrected chi connectivity index (χ2v) is 6.47. The Morgan fingerprint density at radius 2 is 2.22 bits per heavy atom. The minimum absolute atomic E-state index is 0.431. The Hall–Kier alpha value is -1.35. The number of nitrogens with zero attached hydrogens (tertiary/aromatic N) is 2. The number of nitrogens with two attached hydrogens (primary N) is 1. The zero-order chi connectivity index (χ0) is 13.1. The number of primary amides is 1. The van der Waals surface area contributed by atoms with Crippen LogP contribution in [0.2, 0.25) is 0 Å². The number of carbonyl (C=O) groups is 2. The fourth-order valence-corrected chi connectivity index (χ4v) is 3.12. The minimum Gasteiger partial charge on any atom is -0.357 e. The lowest BCUT2D eigenvalue weighted by molar-refractivity contribution is -0.119. The number of imide groups is 1. The number of rotatable bonds is 5. The van der Waals surface area contributed by atoms with E-state index >= 15 is 0 Å². The first-order valence-corrected chi connectivity index (χ1v) is 7.11. The van der Waals surface area contributed by atoms with Gasteiger partial charge in [-0.05, 0) is 19.8 Å². The van der Waals surface area contributed by atoms with E-state index in [4.69, 9.17) is 5.73 Å². The molecule has 1 heterocycles. The van der Waals surface area contributed by atoms with Crippen molar-refractivity contribution >= 4 is 40.2 Å². The Kier molecular flexibility index (Phi) is 4.02. The molecule has 1 fully saturated rings. The van der Waals surface area contributed by atoms with Crippen LogP contribution >= 0.6 is 23.1 Å². The lowest BCUT2D eigenvalue weighted by Gasteiger charge is -2.06. The molecule has 0 saturated heterocycles. The quantitative estimate of drug-likeness (QED) is 0.691. The zero-order valence-electron chi connectivity index (χ0n) is 9.67. The summed E-state index contributed by atoms with van der Waals surface area (Å²) in [6, 6.07) is -0.327. The van der Waals surface area contributed by atoms with Gasteiger partial charge in [-0.3, -0.25) is 10.1 Å². The average molecular weight is 287 g/mol. The van der Waals surface area contributed by atoms with Crippen molar-refractivity contribution in [2.45, 2.75) is 35.4 Å². The fraction of sp³-hybridized carbons (Fsp3) is 0.556. The van der Waals surface area contributed by atoms with Crippen LogP contribution in [0, 0.1) is 0 Å². The lowest BCUT2D eigenvalue weighted by atomic mass is 10.4. The van der Waals surface area contributed by atoms with Gasteiger partial charge in [-0.15, -0.1) is 10.2 Å². The first-order valence-electron chi connectivity index (χ1n) is 5.41. The number of hydrogen-bond donors (Lipinski definition) is 3. The third-order valence-corrected chi connectivity index (χ3v) is 4.24. The van der Waals surface area contributed by atoms with Gasteiger partial charge in [0.1, 0.15) is 0 Å². The van der Waals surface area contributed by atoms with Gasteiger partial charge < -0.3 is 11.1 Å². The summed E-state index contributed by atoms with van der Waals surface area (Å²) in [4.78, 5) is 22.0. The molecule has 9 heteroatoms. The monoisotopic (exact) mass is 287 g/mol. The molecule has 2 rings (SSSR count). The van der Waals surface area contributed by atoms with Gasteiger partial charge in [0.15, 0.2) is 4.34 Å². The fourth-order valence-electron chi connectivity index (χ4n) is 1.15. The van der Waals surface area contributed by atoms with Crippen LogP contribution in [0.15, 0.2) is 4.34 Å². The van der Waals surface area contributed by atoms with E-state index in [1.165, 1.54) is 35.9 Å². The molecule has 0 unspecified atom stereocenters. The molecule has 1 aliphatic carbocycles. The highest BCUT2D eigenvalue weighted by molar-refractivity contribution is 8.02. The number of thioether (sulfide) groups is 1. The molecular formula is C9H13N5O2S2. The van der Waals surface area contributed by atoms with Crippen molar-refractivity contribution in [1.29, 1.82) is 0 Å². The van der Waals surface area contributed by atoms with E-state index in [1.54, 1.807) is 6.92 Å². The van der Waals surface area contributed by atoms with Crippen molar-refractivity contribution in [2.75, 3.05) is 5.32 Å². The highest BCUT2D eigenvalue weighted by Gasteiger charge is 2.23. The molecular weight excluding hydrogens is 274 g/mol. The maximum atomic E-state index is 11.5. The van der Waals surface area contributed by atoms with Crippen molar-refractivity contribution in [1.82, 2.24) is 15.5 Å². The number of anilines is 1. The Morgan fingerprint density at radius 3 is 2.83 bits per heavy atom. The second-order valence-electron chi connectivity index (χ2n) is 3.91. The van der Waals surface area contributed by atoms with Crippen LogP contribution in [0.4, 0.5) is 9.93 Å². The Bertz CT molecular complexity index is 460. The first-order chi connectivity index (χ1) is 8.54. The van der Waals surface area contributed by atoms with Crippen LogP contribution in [-0.4, -0.2) is 33.4 Å². The maximum absolute atomic E-state index is 11.5. The molecule has 1 atom stereocenters. The van der Waals surface area contributed by atoms with Crippen LogP contribution in [0.25, 0.3) is 0 Å². The molecule has 3 amide bonds. The largest absolute Gasteiger partial charge is 0.357 e. The van der Waals surface area contributed by atoms with E-state index in [9.17, 15) is 9.59 Å². The number of hydrogen-bond acceptors (Lipinski definition) is 7. The summed E-state index contributed by atoms with van der Waals surface area (Å²) >= 11 is 2.65. The van der Waals surface area contributed by atoms with Gasteiger partial charge in [0, 0.05) is 6.04 Å². The molecule has 0 aliphatic heterocycles. The summed E-state index contributed by atoms with van der Waals surface area (Å²) in [5.74, 6) is -0.431. The molecule has 1 aromatic rings. The van der Waals surface area contributed by atoms with Gasteiger partial charge in [-0.25, -0.2) is 4.79 Å². The van der Waals surface area contributed by atoms with E-state index in [2.05, 4.69) is 15.5 Å². The minimum atomic E-state index is -0.846. The summed E-state index contributed by atoms with van der Waals surface area (Å²) in [5.41, 5.74) is 4.87. The highest BCUT2D eigenvalue weighted by Crippen LogP contribution is 2.31. The van der Waals surface area contributed by atoms with E-state index in [1.807, 2.05) is 5.32 Å². The maximum Gasteiger partial charge on any atom is 0.318 e. The molecule has 7 nitrogen and oxygen atoms in total. The number of urea groups is 1. The molecule has 98 valence electrons. The average Bonchev–Trinajstić information content (AvgIpc) is 2.98. The van der Waals surface area contributed by atoms with Crippen molar-refractivity contribution in [3.63, 3.8) is 0 Å². The molecule has 1 aromatic heterocycles. The number of carbonyl (C=O) groups excluding carboxylic acids is 2. The van der Waals surface area contributed by atoms with Crippen molar-refractivity contribution < 1.29 is 9.59 Å². The van der Waals surface area contributed by atoms with Gasteiger partial charge in [0.25, 0.3) is 0 Å². The summed E-state index contributed by atoms with van der Waals surface area (Å²) in [6.07, 6.45) is 2.33. The summed E-state index contributed by atoms with van der Waals surface area (Å²) in [5, 5.41) is 13.5. The van der Waals surface area contributed by atoms with Crippen LogP contribution in [0.1, 0.15) is 19.8 Å². The van der Waals surface area contributed by atoms with Crippen LogP contribution in [0.3, 0.4) is 0 Å². The van der Waals surface area contributed by atoms with Gasteiger partial charge in [0.2, 0.25) is 11.0 Å². The predicted octanol–water partition coefficient (Wildman–Crippen LogP) is 0.788. The van der Waals surface area contributed by atoms with E-state index in [-0.39, 0.29) is 0 Å². The molecule has 1 aliphatic rings. The number of nitrogens with one attached hydrogen (secondary N) is 2. The van der Waals surface area contributed by atoms with E-state index in [0.717, 1.165) is 5.13 Å². The third kappa shape index (κ3) is 3.84. The Labute approximate surface area is 112 Å². The smallest absolute Gasteiger partial charge is 0.318 e. The van der Waals surface area contributed by atoms with E-state index < -0.39 is 17.2 Å². The van der Waals surface area contributed by atoms with Crippen LogP contribution < -0.4 is 16.4 Å². The molecule has 4 N–H and O–H groups in total. The zero-order valence-corrected chi connectivity index (χ0v) is 11.3. The van der Waals surface area contributed by atoms with Crippen molar-refractivity contribution in [3.05, 3.63) is 0 Å². The van der Waals surface area contributed by atoms with Gasteiger partial charge in [-0.2, -0.15) is 0 Å². The lowest BCUT2D eigenvalue weighted by Crippen LogP contribution is -2.39. The summed E-state index contributed by atoms with van der Waals surface area (Å²) < 4.78 is 0.685. The van der Waals surface area contributed by atoms with Gasteiger partial charge >= 0.3 is 6.03 Å². The first kappa shape index (κ1) is 13.1. The Morgan fingerprint density at radius 1 is 1.50 bits per heavy atom. The molecule has 18 heavy (non-hydrogen) atoms. The standard InChI is InChI=1S/C9H13N5O2S2/c1-4(6(15)12-7(10)16)17-9-14-13-8(18-9)11-5-2-3-5/h4-5H,2-3H2,1H3,(H,11,13)(H3,10,12,15,16)/t4-/m1/s1.